The van der Waals surface area contributed by atoms with Gasteiger partial charge in [0.25, 0.3) is 0 Å². The summed E-state index contributed by atoms with van der Waals surface area (Å²) < 4.78 is 0. The van der Waals surface area contributed by atoms with Crippen LogP contribution >= 0.6 is 0 Å². The summed E-state index contributed by atoms with van der Waals surface area (Å²) in [4.78, 5) is 2.48. The fraction of sp³-hybridized carbons (Fsp3) is 0.600. The lowest BCUT2D eigenvalue weighted by molar-refractivity contribution is 0.114. The first kappa shape index (κ1) is 12.6. The van der Waals surface area contributed by atoms with Crippen LogP contribution in [0.4, 0.5) is 0 Å². The van der Waals surface area contributed by atoms with Crippen LogP contribution in [0.15, 0.2) is 30.3 Å². The summed E-state index contributed by atoms with van der Waals surface area (Å²) >= 11 is 0. The lowest BCUT2D eigenvalue weighted by atomic mass is 9.94. The van der Waals surface area contributed by atoms with Crippen LogP contribution in [0.3, 0.4) is 0 Å². The second-order valence-electron chi connectivity index (χ2n) is 5.95. The van der Waals surface area contributed by atoms with E-state index in [-0.39, 0.29) is 12.0 Å². The van der Waals surface area contributed by atoms with Gasteiger partial charge in [0, 0.05) is 25.1 Å². The number of aliphatic hydroxyl groups excluding tert-OH is 1. The Labute approximate surface area is 104 Å². The highest BCUT2D eigenvalue weighted by molar-refractivity contribution is 5.21. The highest BCUT2D eigenvalue weighted by atomic mass is 16.3. The Balaban J connectivity index is 1.92. The maximum Gasteiger partial charge on any atom is 0.0494 e. The molecule has 1 fully saturated rings. The molecule has 1 N–H and O–H groups in total. The van der Waals surface area contributed by atoms with Crippen LogP contribution in [0.5, 0.6) is 0 Å². The van der Waals surface area contributed by atoms with Gasteiger partial charge in [0.15, 0.2) is 0 Å². The van der Waals surface area contributed by atoms with Crippen LogP contribution in [0.2, 0.25) is 0 Å². The van der Waals surface area contributed by atoms with Crippen molar-refractivity contribution >= 4 is 0 Å². The Hall–Kier alpha value is -0.860. The molecule has 1 aliphatic rings. The zero-order valence-corrected chi connectivity index (χ0v) is 10.9. The topological polar surface area (TPSA) is 23.5 Å². The number of hydrogen-bond acceptors (Lipinski definition) is 2. The normalized spacial score (nSPS) is 21.9. The lowest BCUT2D eigenvalue weighted by Gasteiger charge is -2.28. The smallest absolute Gasteiger partial charge is 0.0494 e. The van der Waals surface area contributed by atoms with Gasteiger partial charge in [-0.1, -0.05) is 44.2 Å². The van der Waals surface area contributed by atoms with Crippen molar-refractivity contribution in [1.82, 2.24) is 4.90 Å². The van der Waals surface area contributed by atoms with Gasteiger partial charge in [-0.05, 0) is 24.4 Å². The maximum absolute atomic E-state index is 9.31. The molecule has 2 rings (SSSR count). The molecular formula is C15H23NO. The molecule has 2 heteroatoms. The van der Waals surface area contributed by atoms with E-state index in [1.165, 1.54) is 12.0 Å². The van der Waals surface area contributed by atoms with Crippen molar-refractivity contribution in [2.24, 2.45) is 5.41 Å². The molecule has 1 aromatic rings. The van der Waals surface area contributed by atoms with Crippen molar-refractivity contribution in [2.75, 3.05) is 26.2 Å². The van der Waals surface area contributed by atoms with E-state index in [2.05, 4.69) is 49.1 Å². The second-order valence-corrected chi connectivity index (χ2v) is 5.95. The third-order valence-corrected chi connectivity index (χ3v) is 3.62. The molecule has 1 saturated heterocycles. The summed E-state index contributed by atoms with van der Waals surface area (Å²) in [7, 11) is 0. The third-order valence-electron chi connectivity index (χ3n) is 3.62. The molecular weight excluding hydrogens is 210 g/mol. The number of nitrogens with zero attached hydrogens (tertiary/aromatic N) is 1. The van der Waals surface area contributed by atoms with Gasteiger partial charge in [0.05, 0.1) is 0 Å². The maximum atomic E-state index is 9.31. The molecule has 1 unspecified atom stereocenters. The molecule has 0 bridgehead atoms. The summed E-state index contributed by atoms with van der Waals surface area (Å²) in [5, 5.41) is 9.31. The van der Waals surface area contributed by atoms with Crippen LogP contribution in [0.25, 0.3) is 0 Å². The molecule has 0 amide bonds. The fourth-order valence-electron chi connectivity index (χ4n) is 2.63. The minimum Gasteiger partial charge on any atom is -0.396 e. The zero-order chi connectivity index (χ0) is 12.3. The van der Waals surface area contributed by atoms with Gasteiger partial charge < -0.3 is 10.0 Å². The van der Waals surface area contributed by atoms with E-state index in [0.717, 1.165) is 19.6 Å². The summed E-state index contributed by atoms with van der Waals surface area (Å²) in [6, 6.07) is 10.8. The molecule has 0 spiro atoms. The van der Waals surface area contributed by atoms with E-state index in [1.54, 1.807) is 0 Å². The van der Waals surface area contributed by atoms with Crippen molar-refractivity contribution in [3.63, 3.8) is 0 Å². The number of rotatable bonds is 4. The Morgan fingerprint density at radius 2 is 2.00 bits per heavy atom. The predicted molar refractivity (Wildman–Crippen MR) is 71.1 cm³/mol. The van der Waals surface area contributed by atoms with E-state index in [4.69, 9.17) is 0 Å². The summed E-state index contributed by atoms with van der Waals surface area (Å²) in [5.41, 5.74) is 1.47. The zero-order valence-electron chi connectivity index (χ0n) is 10.9. The van der Waals surface area contributed by atoms with Crippen molar-refractivity contribution in [3.8, 4) is 0 Å². The standard InChI is InChI=1S/C15H23NO/c1-15(2,12-17)11-16-9-8-14(10-16)13-6-4-3-5-7-13/h3-7,14,17H,8-12H2,1-2H3. The summed E-state index contributed by atoms with van der Waals surface area (Å²) in [6.45, 7) is 7.80. The lowest BCUT2D eigenvalue weighted by Crippen LogP contribution is -2.34. The number of likely N-dealkylation sites (tertiary alicyclic amines) is 1. The van der Waals surface area contributed by atoms with Gasteiger partial charge >= 0.3 is 0 Å². The largest absolute Gasteiger partial charge is 0.396 e. The first-order valence-electron chi connectivity index (χ1n) is 6.49. The Bertz CT molecular complexity index is 347. The first-order chi connectivity index (χ1) is 8.11. The molecule has 2 nitrogen and oxygen atoms in total. The van der Waals surface area contributed by atoms with Gasteiger partial charge in [0.1, 0.15) is 0 Å². The second kappa shape index (κ2) is 5.19. The SMILES string of the molecule is CC(C)(CO)CN1CCC(c2ccccc2)C1. The molecule has 17 heavy (non-hydrogen) atoms. The minimum absolute atomic E-state index is 0.0194. The van der Waals surface area contributed by atoms with E-state index in [9.17, 15) is 5.11 Å². The Morgan fingerprint density at radius 3 is 2.65 bits per heavy atom. The molecule has 1 heterocycles. The van der Waals surface area contributed by atoms with E-state index in [1.807, 2.05) is 0 Å². The highest BCUT2D eigenvalue weighted by Gasteiger charge is 2.28. The predicted octanol–water partition coefficient (Wildman–Crippen LogP) is 2.49. The molecule has 0 saturated carbocycles. The molecule has 94 valence electrons. The number of benzene rings is 1. The van der Waals surface area contributed by atoms with Crippen LogP contribution in [0, 0.1) is 5.41 Å². The van der Waals surface area contributed by atoms with Gasteiger partial charge in [0.2, 0.25) is 0 Å². The van der Waals surface area contributed by atoms with Crippen molar-refractivity contribution in [1.29, 1.82) is 0 Å². The van der Waals surface area contributed by atoms with Crippen molar-refractivity contribution < 1.29 is 5.11 Å². The van der Waals surface area contributed by atoms with Crippen molar-refractivity contribution in [3.05, 3.63) is 35.9 Å². The quantitative estimate of drug-likeness (QED) is 0.863. The molecule has 1 atom stereocenters. The number of hydrogen-bond donors (Lipinski definition) is 1. The van der Waals surface area contributed by atoms with Crippen LogP contribution < -0.4 is 0 Å². The van der Waals surface area contributed by atoms with Gasteiger partial charge in [-0.25, -0.2) is 0 Å². The fourth-order valence-corrected chi connectivity index (χ4v) is 2.63. The summed E-state index contributed by atoms with van der Waals surface area (Å²) in [6.07, 6.45) is 1.24. The Morgan fingerprint density at radius 1 is 1.29 bits per heavy atom. The molecule has 0 radical (unpaired) electrons. The van der Waals surface area contributed by atoms with E-state index < -0.39 is 0 Å². The van der Waals surface area contributed by atoms with Crippen LogP contribution in [-0.4, -0.2) is 36.2 Å². The average Bonchev–Trinajstić information content (AvgIpc) is 2.78. The van der Waals surface area contributed by atoms with E-state index in [0.29, 0.717) is 5.92 Å². The molecule has 0 aromatic heterocycles. The minimum atomic E-state index is 0.0194. The third kappa shape index (κ3) is 3.30. The van der Waals surface area contributed by atoms with E-state index >= 15 is 0 Å². The summed E-state index contributed by atoms with van der Waals surface area (Å²) in [5.74, 6) is 0.672. The van der Waals surface area contributed by atoms with Crippen LogP contribution in [-0.2, 0) is 0 Å². The average molecular weight is 233 g/mol. The molecule has 0 aliphatic carbocycles. The van der Waals surface area contributed by atoms with Crippen molar-refractivity contribution in [2.45, 2.75) is 26.2 Å². The highest BCUT2D eigenvalue weighted by Crippen LogP contribution is 2.29. The molecule has 1 aromatic carbocycles. The monoisotopic (exact) mass is 233 g/mol. The van der Waals surface area contributed by atoms with Crippen LogP contribution in [0.1, 0.15) is 31.7 Å². The Kier molecular flexibility index (Phi) is 3.85. The van der Waals surface area contributed by atoms with Gasteiger partial charge in [-0.2, -0.15) is 0 Å². The first-order valence-corrected chi connectivity index (χ1v) is 6.49. The number of aliphatic hydroxyl groups is 1. The molecule has 1 aliphatic heterocycles. The van der Waals surface area contributed by atoms with Gasteiger partial charge in [-0.15, -0.1) is 0 Å². The van der Waals surface area contributed by atoms with Gasteiger partial charge in [-0.3, -0.25) is 0 Å².